The standard InChI is InChI=1S/C24H20N2O3S/c1-16-11-13-18(14-12-16)26-22(27)15-21(24(26)29)30-20-10-6-5-9-19(20)23(28)25-17-7-3-2-4-8-17/h2-14,21H,15H2,1H3,(H,25,28). The van der Waals surface area contributed by atoms with Crippen molar-refractivity contribution in [1.29, 1.82) is 0 Å². The van der Waals surface area contributed by atoms with Gasteiger partial charge in [0.15, 0.2) is 0 Å². The summed E-state index contributed by atoms with van der Waals surface area (Å²) >= 11 is 1.26. The van der Waals surface area contributed by atoms with Crippen LogP contribution < -0.4 is 10.2 Å². The van der Waals surface area contributed by atoms with Gasteiger partial charge in [-0.1, -0.05) is 48.0 Å². The minimum atomic E-state index is -0.565. The van der Waals surface area contributed by atoms with Crippen LogP contribution >= 0.6 is 11.8 Å². The summed E-state index contributed by atoms with van der Waals surface area (Å²) in [5, 5.41) is 2.30. The molecule has 0 spiro atoms. The Balaban J connectivity index is 1.53. The van der Waals surface area contributed by atoms with Crippen LogP contribution in [-0.2, 0) is 9.59 Å². The molecule has 3 aromatic rings. The van der Waals surface area contributed by atoms with Crippen LogP contribution in [0.5, 0.6) is 0 Å². The highest BCUT2D eigenvalue weighted by atomic mass is 32.2. The van der Waals surface area contributed by atoms with E-state index in [0.717, 1.165) is 5.56 Å². The lowest BCUT2D eigenvalue weighted by Crippen LogP contribution is -2.31. The minimum Gasteiger partial charge on any atom is -0.322 e. The zero-order chi connectivity index (χ0) is 21.1. The third-order valence-corrected chi connectivity index (χ3v) is 6.09. The number of aryl methyl sites for hydroxylation is 1. The Kier molecular flexibility index (Phi) is 5.68. The summed E-state index contributed by atoms with van der Waals surface area (Å²) in [6, 6.07) is 23.6. The Morgan fingerprint density at radius 1 is 0.933 bits per heavy atom. The van der Waals surface area contributed by atoms with E-state index < -0.39 is 5.25 Å². The van der Waals surface area contributed by atoms with E-state index in [1.54, 1.807) is 30.3 Å². The Hall–Kier alpha value is -3.38. The fourth-order valence-electron chi connectivity index (χ4n) is 3.29. The van der Waals surface area contributed by atoms with Gasteiger partial charge in [-0.05, 0) is 43.3 Å². The summed E-state index contributed by atoms with van der Waals surface area (Å²) in [6.45, 7) is 1.95. The predicted octanol–water partition coefficient (Wildman–Crippen LogP) is 4.67. The summed E-state index contributed by atoms with van der Waals surface area (Å²) in [5.41, 5.74) is 2.80. The summed E-state index contributed by atoms with van der Waals surface area (Å²) in [4.78, 5) is 40.2. The van der Waals surface area contributed by atoms with Crippen LogP contribution in [-0.4, -0.2) is 23.0 Å². The van der Waals surface area contributed by atoms with Crippen molar-refractivity contribution in [2.24, 2.45) is 0 Å². The maximum absolute atomic E-state index is 13.0. The van der Waals surface area contributed by atoms with Gasteiger partial charge in [-0.25, -0.2) is 4.90 Å². The van der Waals surface area contributed by atoms with Crippen LogP contribution in [0.3, 0.4) is 0 Å². The number of anilines is 2. The molecule has 5 nitrogen and oxygen atoms in total. The highest BCUT2D eigenvalue weighted by molar-refractivity contribution is 8.00. The predicted molar refractivity (Wildman–Crippen MR) is 119 cm³/mol. The van der Waals surface area contributed by atoms with Gasteiger partial charge < -0.3 is 5.32 Å². The molecule has 0 aliphatic carbocycles. The number of amides is 3. The number of rotatable bonds is 5. The molecule has 0 aromatic heterocycles. The first kappa shape index (κ1) is 19.9. The lowest BCUT2D eigenvalue weighted by Gasteiger charge is -2.16. The van der Waals surface area contributed by atoms with Gasteiger partial charge in [0.25, 0.3) is 5.91 Å². The molecular formula is C24H20N2O3S. The Bertz CT molecular complexity index is 1100. The van der Waals surface area contributed by atoms with Crippen LogP contribution in [0.1, 0.15) is 22.3 Å². The number of carbonyl (C=O) groups is 3. The second-order valence-corrected chi connectivity index (χ2v) is 8.27. The fraction of sp³-hybridized carbons (Fsp3) is 0.125. The van der Waals surface area contributed by atoms with E-state index in [2.05, 4.69) is 5.32 Å². The van der Waals surface area contributed by atoms with E-state index in [4.69, 9.17) is 0 Å². The quantitative estimate of drug-likeness (QED) is 0.614. The van der Waals surface area contributed by atoms with Gasteiger partial charge in [0.05, 0.1) is 16.5 Å². The van der Waals surface area contributed by atoms with E-state index in [0.29, 0.717) is 21.8 Å². The first-order valence-corrected chi connectivity index (χ1v) is 10.5. The Labute approximate surface area is 179 Å². The molecule has 4 rings (SSSR count). The molecule has 1 aliphatic rings. The number of nitrogens with one attached hydrogen (secondary N) is 1. The molecule has 3 amide bonds. The van der Waals surface area contributed by atoms with Crippen LogP contribution in [0.15, 0.2) is 83.8 Å². The summed E-state index contributed by atoms with van der Waals surface area (Å²) in [7, 11) is 0. The van der Waals surface area contributed by atoms with Crippen LogP contribution in [0.2, 0.25) is 0 Å². The zero-order valence-electron chi connectivity index (χ0n) is 16.4. The molecule has 1 fully saturated rings. The molecular weight excluding hydrogens is 396 g/mol. The van der Waals surface area contributed by atoms with Gasteiger partial charge in [-0.3, -0.25) is 14.4 Å². The van der Waals surface area contributed by atoms with Crippen LogP contribution in [0.25, 0.3) is 0 Å². The Morgan fingerprint density at radius 2 is 1.60 bits per heavy atom. The molecule has 1 atom stereocenters. The largest absolute Gasteiger partial charge is 0.322 e. The van der Waals surface area contributed by atoms with E-state index in [1.165, 1.54) is 16.7 Å². The molecule has 6 heteroatoms. The molecule has 30 heavy (non-hydrogen) atoms. The summed E-state index contributed by atoms with van der Waals surface area (Å²) < 4.78 is 0. The fourth-order valence-corrected chi connectivity index (χ4v) is 4.47. The second-order valence-electron chi connectivity index (χ2n) is 7.03. The third-order valence-electron chi connectivity index (χ3n) is 4.83. The van der Waals surface area contributed by atoms with Crippen molar-refractivity contribution in [3.63, 3.8) is 0 Å². The number of benzene rings is 3. The van der Waals surface area contributed by atoms with Crippen molar-refractivity contribution < 1.29 is 14.4 Å². The SMILES string of the molecule is Cc1ccc(N2C(=O)CC(Sc3ccccc3C(=O)Nc3ccccc3)C2=O)cc1. The molecule has 3 aromatic carbocycles. The van der Waals surface area contributed by atoms with Crippen LogP contribution in [0, 0.1) is 6.92 Å². The van der Waals surface area contributed by atoms with Crippen molar-refractivity contribution in [2.45, 2.75) is 23.5 Å². The monoisotopic (exact) mass is 416 g/mol. The van der Waals surface area contributed by atoms with Crippen LogP contribution in [0.4, 0.5) is 11.4 Å². The van der Waals surface area contributed by atoms with Gasteiger partial charge in [-0.15, -0.1) is 11.8 Å². The number of para-hydroxylation sites is 1. The van der Waals surface area contributed by atoms with Gasteiger partial charge in [0.2, 0.25) is 11.8 Å². The van der Waals surface area contributed by atoms with Crippen molar-refractivity contribution in [3.05, 3.63) is 90.0 Å². The molecule has 0 saturated carbocycles. The molecule has 1 unspecified atom stereocenters. The van der Waals surface area contributed by atoms with Gasteiger partial charge in [-0.2, -0.15) is 0 Å². The molecule has 0 radical (unpaired) electrons. The lowest BCUT2D eigenvalue weighted by molar-refractivity contribution is -0.121. The normalized spacial score (nSPS) is 16.0. The maximum atomic E-state index is 13.0. The number of hydrogen-bond acceptors (Lipinski definition) is 4. The van der Waals surface area contributed by atoms with E-state index in [1.807, 2.05) is 55.5 Å². The average Bonchev–Trinajstić information content (AvgIpc) is 3.03. The molecule has 1 heterocycles. The molecule has 1 aliphatic heterocycles. The number of imide groups is 1. The topological polar surface area (TPSA) is 66.5 Å². The second kappa shape index (κ2) is 8.55. The molecule has 1 N–H and O–H groups in total. The highest BCUT2D eigenvalue weighted by Gasteiger charge is 2.40. The van der Waals surface area contributed by atoms with Crippen molar-refractivity contribution >= 4 is 40.9 Å². The first-order chi connectivity index (χ1) is 14.5. The zero-order valence-corrected chi connectivity index (χ0v) is 17.2. The minimum absolute atomic E-state index is 0.103. The molecule has 1 saturated heterocycles. The van der Waals surface area contributed by atoms with E-state index >= 15 is 0 Å². The molecule has 0 bridgehead atoms. The van der Waals surface area contributed by atoms with Crippen molar-refractivity contribution in [2.75, 3.05) is 10.2 Å². The number of carbonyl (C=O) groups excluding carboxylic acids is 3. The number of thioether (sulfide) groups is 1. The third kappa shape index (κ3) is 4.14. The van der Waals surface area contributed by atoms with Crippen molar-refractivity contribution in [1.82, 2.24) is 0 Å². The summed E-state index contributed by atoms with van der Waals surface area (Å²) in [6.07, 6.45) is 0.103. The van der Waals surface area contributed by atoms with E-state index in [-0.39, 0.29) is 24.1 Å². The van der Waals surface area contributed by atoms with Crippen molar-refractivity contribution in [3.8, 4) is 0 Å². The van der Waals surface area contributed by atoms with Gasteiger partial charge in [0.1, 0.15) is 0 Å². The maximum Gasteiger partial charge on any atom is 0.256 e. The Morgan fingerprint density at radius 3 is 2.33 bits per heavy atom. The highest BCUT2D eigenvalue weighted by Crippen LogP contribution is 2.35. The first-order valence-electron chi connectivity index (χ1n) is 9.58. The van der Waals surface area contributed by atoms with E-state index in [9.17, 15) is 14.4 Å². The average molecular weight is 417 g/mol. The lowest BCUT2D eigenvalue weighted by atomic mass is 10.2. The smallest absolute Gasteiger partial charge is 0.256 e. The number of hydrogen-bond donors (Lipinski definition) is 1. The summed E-state index contributed by atoms with van der Waals surface area (Å²) in [5.74, 6) is -0.740. The molecule has 150 valence electrons. The van der Waals surface area contributed by atoms with Gasteiger partial charge >= 0.3 is 0 Å². The van der Waals surface area contributed by atoms with Gasteiger partial charge in [0, 0.05) is 17.0 Å². The number of nitrogens with zero attached hydrogens (tertiary/aromatic N) is 1.